The van der Waals surface area contributed by atoms with E-state index in [1.54, 1.807) is 12.1 Å². The molecule has 0 atom stereocenters. The van der Waals surface area contributed by atoms with Crippen LogP contribution in [0, 0.1) is 24.0 Å². The van der Waals surface area contributed by atoms with E-state index >= 15 is 0 Å². The monoisotopic (exact) mass is 320 g/mol. The van der Waals surface area contributed by atoms with E-state index < -0.39 is 4.92 Å². The average molecular weight is 321 g/mol. The molecule has 106 valence electrons. The third-order valence-corrected chi connectivity index (χ3v) is 4.30. The van der Waals surface area contributed by atoms with Crippen LogP contribution in [0.4, 0.5) is 5.69 Å². The van der Waals surface area contributed by atoms with Crippen molar-refractivity contribution in [2.45, 2.75) is 13.8 Å². The van der Waals surface area contributed by atoms with Crippen LogP contribution in [0.2, 0.25) is 5.15 Å². The van der Waals surface area contributed by atoms with Crippen LogP contribution >= 0.6 is 22.9 Å². The van der Waals surface area contributed by atoms with E-state index in [1.165, 1.54) is 17.4 Å². The molecule has 0 unspecified atom stereocenters. The first-order valence-corrected chi connectivity index (χ1v) is 7.22. The molecule has 0 spiro atoms. The van der Waals surface area contributed by atoms with Crippen LogP contribution in [0.25, 0.3) is 21.6 Å². The van der Waals surface area contributed by atoms with E-state index in [4.69, 9.17) is 11.6 Å². The van der Waals surface area contributed by atoms with Crippen LogP contribution in [0.5, 0.6) is 0 Å². The molecule has 0 saturated carbocycles. The van der Waals surface area contributed by atoms with Crippen LogP contribution in [0.1, 0.15) is 10.7 Å². The Hall–Kier alpha value is -2.12. The summed E-state index contributed by atoms with van der Waals surface area (Å²) in [6, 6.07) is 4.65. The predicted molar refractivity (Wildman–Crippen MR) is 81.8 cm³/mol. The minimum Gasteiger partial charge on any atom is -0.258 e. The number of nitro groups is 1. The van der Waals surface area contributed by atoms with Crippen LogP contribution in [-0.4, -0.2) is 19.9 Å². The number of aromatic nitrogens is 3. The van der Waals surface area contributed by atoms with E-state index in [9.17, 15) is 10.1 Å². The van der Waals surface area contributed by atoms with Crippen molar-refractivity contribution in [2.75, 3.05) is 0 Å². The van der Waals surface area contributed by atoms with Gasteiger partial charge in [-0.05, 0) is 19.9 Å². The molecular weight excluding hydrogens is 312 g/mol. The van der Waals surface area contributed by atoms with Gasteiger partial charge in [-0.2, -0.15) is 0 Å². The molecule has 0 aliphatic heterocycles. The predicted octanol–water partition coefficient (Wildman–Crippen LogP) is 3.93. The zero-order chi connectivity index (χ0) is 15.1. The first kappa shape index (κ1) is 13.8. The molecule has 0 aliphatic rings. The highest BCUT2D eigenvalue weighted by Gasteiger charge is 2.19. The number of nitrogens with zero attached hydrogens (tertiary/aromatic N) is 4. The number of nitro benzene ring substituents is 1. The second-order valence-corrected chi connectivity index (χ2v) is 5.98. The number of thiazole rings is 1. The van der Waals surface area contributed by atoms with Gasteiger partial charge in [0, 0.05) is 6.07 Å². The maximum absolute atomic E-state index is 11.1. The Bertz CT molecular complexity index is 878. The summed E-state index contributed by atoms with van der Waals surface area (Å²) in [5.74, 6) is 0.441. The van der Waals surface area contributed by atoms with Gasteiger partial charge in [0.1, 0.15) is 10.5 Å². The Morgan fingerprint density at radius 1 is 1.24 bits per heavy atom. The third kappa shape index (κ3) is 2.34. The van der Waals surface area contributed by atoms with Gasteiger partial charge >= 0.3 is 0 Å². The van der Waals surface area contributed by atoms with Gasteiger partial charge in [-0.15, -0.1) is 11.3 Å². The maximum Gasteiger partial charge on any atom is 0.281 e. The van der Waals surface area contributed by atoms with Crippen LogP contribution in [-0.2, 0) is 0 Å². The van der Waals surface area contributed by atoms with Gasteiger partial charge in [0.25, 0.3) is 5.69 Å². The minimum atomic E-state index is -0.487. The van der Waals surface area contributed by atoms with Crippen LogP contribution < -0.4 is 0 Å². The maximum atomic E-state index is 11.1. The third-order valence-electron chi connectivity index (χ3n) is 2.96. The Morgan fingerprint density at radius 3 is 2.62 bits per heavy atom. The van der Waals surface area contributed by atoms with Gasteiger partial charge in [-0.3, -0.25) is 10.1 Å². The lowest BCUT2D eigenvalue weighted by molar-refractivity contribution is -0.383. The number of halogens is 1. The van der Waals surface area contributed by atoms with Crippen molar-refractivity contribution in [1.82, 2.24) is 15.0 Å². The van der Waals surface area contributed by atoms with Crippen molar-refractivity contribution in [3.8, 4) is 10.7 Å². The lowest BCUT2D eigenvalue weighted by Gasteiger charge is -2.04. The molecule has 2 aromatic heterocycles. The van der Waals surface area contributed by atoms with E-state index in [-0.39, 0.29) is 16.2 Å². The van der Waals surface area contributed by atoms with E-state index in [0.717, 1.165) is 15.6 Å². The molecule has 6 nitrogen and oxygen atoms in total. The zero-order valence-electron chi connectivity index (χ0n) is 11.1. The van der Waals surface area contributed by atoms with Gasteiger partial charge in [0.15, 0.2) is 5.82 Å². The lowest BCUT2D eigenvalue weighted by atomic mass is 10.2. The first-order valence-electron chi connectivity index (χ1n) is 6.02. The molecule has 0 amide bonds. The molecule has 1 aromatic carbocycles. The van der Waals surface area contributed by atoms with Crippen molar-refractivity contribution in [1.29, 1.82) is 0 Å². The molecule has 0 bridgehead atoms. The summed E-state index contributed by atoms with van der Waals surface area (Å²) in [4.78, 5) is 24.3. The summed E-state index contributed by atoms with van der Waals surface area (Å²) in [6.07, 6.45) is 0. The number of benzene rings is 1. The second kappa shape index (κ2) is 5.01. The molecule has 0 radical (unpaired) electrons. The highest BCUT2D eigenvalue weighted by atomic mass is 35.5. The van der Waals surface area contributed by atoms with Crippen molar-refractivity contribution in [2.24, 2.45) is 0 Å². The minimum absolute atomic E-state index is 0.0766. The van der Waals surface area contributed by atoms with E-state index in [1.807, 2.05) is 13.8 Å². The molecule has 21 heavy (non-hydrogen) atoms. The van der Waals surface area contributed by atoms with E-state index in [2.05, 4.69) is 15.0 Å². The number of rotatable bonds is 2. The van der Waals surface area contributed by atoms with Crippen molar-refractivity contribution in [3.63, 3.8) is 0 Å². The summed E-state index contributed by atoms with van der Waals surface area (Å²) in [5.41, 5.74) is 1.17. The smallest absolute Gasteiger partial charge is 0.258 e. The van der Waals surface area contributed by atoms with Gasteiger partial charge in [-0.25, -0.2) is 15.0 Å². The largest absolute Gasteiger partial charge is 0.281 e. The zero-order valence-corrected chi connectivity index (χ0v) is 12.7. The first-order chi connectivity index (χ1) is 9.97. The Kier molecular flexibility index (Phi) is 3.30. The Morgan fingerprint density at radius 2 is 2.00 bits per heavy atom. The summed E-state index contributed by atoms with van der Waals surface area (Å²) in [5, 5.41) is 12.3. The quantitative estimate of drug-likeness (QED) is 0.406. The Labute approximate surface area is 128 Å². The number of non-ortho nitro benzene ring substituents is 1. The molecule has 0 N–H and O–H groups in total. The molecule has 3 rings (SSSR count). The fourth-order valence-corrected chi connectivity index (χ4v) is 3.24. The topological polar surface area (TPSA) is 81.8 Å². The molecule has 2 heterocycles. The summed E-state index contributed by atoms with van der Waals surface area (Å²) in [6.45, 7) is 3.77. The molecule has 3 aromatic rings. The molecule has 0 fully saturated rings. The fraction of sp³-hybridized carbons (Fsp3) is 0.154. The van der Waals surface area contributed by atoms with Gasteiger partial charge < -0.3 is 0 Å². The van der Waals surface area contributed by atoms with Gasteiger partial charge in [0.2, 0.25) is 0 Å². The lowest BCUT2D eigenvalue weighted by Crippen LogP contribution is -1.96. The Balaban J connectivity index is 2.30. The van der Waals surface area contributed by atoms with Crippen LogP contribution in [0.3, 0.4) is 0 Å². The highest BCUT2D eigenvalue weighted by molar-refractivity contribution is 7.15. The molecular formula is C13H9ClN4O2S. The fourth-order valence-electron chi connectivity index (χ4n) is 2.11. The van der Waals surface area contributed by atoms with Gasteiger partial charge in [0.05, 0.1) is 26.0 Å². The second-order valence-electron chi connectivity index (χ2n) is 4.41. The van der Waals surface area contributed by atoms with E-state index in [0.29, 0.717) is 11.3 Å². The van der Waals surface area contributed by atoms with Crippen molar-refractivity contribution < 1.29 is 4.92 Å². The SMILES string of the molecule is Cc1nc(C)c(-c2nc(Cl)c3c([N+](=O)[O-])cccc3n2)s1. The average Bonchev–Trinajstić information content (AvgIpc) is 2.76. The standard InChI is InChI=1S/C13H9ClN4O2S/c1-6-11(21-7(2)15-6)13-16-8-4-3-5-9(18(19)20)10(8)12(14)17-13/h3-5H,1-2H3. The number of aryl methyl sites for hydroxylation is 2. The molecule has 0 aliphatic carbocycles. The number of hydrogen-bond donors (Lipinski definition) is 0. The summed E-state index contributed by atoms with van der Waals surface area (Å²) < 4.78 is 0. The molecule has 0 saturated heterocycles. The highest BCUT2D eigenvalue weighted by Crippen LogP contribution is 2.34. The van der Waals surface area contributed by atoms with Crippen molar-refractivity contribution >= 4 is 39.5 Å². The van der Waals surface area contributed by atoms with Crippen LogP contribution in [0.15, 0.2) is 18.2 Å². The number of fused-ring (bicyclic) bond motifs is 1. The normalized spacial score (nSPS) is 11.0. The summed E-state index contributed by atoms with van der Waals surface area (Å²) in [7, 11) is 0. The van der Waals surface area contributed by atoms with Gasteiger partial charge in [-0.1, -0.05) is 17.7 Å². The van der Waals surface area contributed by atoms with Crippen molar-refractivity contribution in [3.05, 3.63) is 44.2 Å². The summed E-state index contributed by atoms with van der Waals surface area (Å²) >= 11 is 7.62. The molecule has 8 heteroatoms. The number of hydrogen-bond acceptors (Lipinski definition) is 6.